The molecule has 0 heterocycles. The molecule has 1 nitrogen and oxygen atoms in total. The van der Waals surface area contributed by atoms with Gasteiger partial charge in [0.15, 0.2) is 0 Å². The molecule has 0 aliphatic heterocycles. The summed E-state index contributed by atoms with van der Waals surface area (Å²) in [6.07, 6.45) is 0. The zero-order chi connectivity index (χ0) is 5.58. The molecule has 0 aliphatic rings. The van der Waals surface area contributed by atoms with Gasteiger partial charge in [0.2, 0.25) is 0 Å². The van der Waals surface area contributed by atoms with E-state index >= 15 is 0 Å². The van der Waals surface area contributed by atoms with E-state index in [1.54, 1.807) is 0 Å². The Kier molecular flexibility index (Phi) is 13.9. The molecule has 38 valence electrons. The molecular weight excluding hydrogens is 72.9 g/mol. The van der Waals surface area contributed by atoms with Crippen LogP contribution in [0.5, 0.6) is 0 Å². The van der Waals surface area contributed by atoms with Crippen molar-refractivity contribution in [1.29, 1.82) is 0 Å². The van der Waals surface area contributed by atoms with E-state index in [1.165, 1.54) is 0 Å². The van der Waals surface area contributed by atoms with Crippen LogP contribution in [0.3, 0.4) is 0 Å². The van der Waals surface area contributed by atoms with Gasteiger partial charge in [0.1, 0.15) is 0 Å². The molecule has 0 spiro atoms. The van der Waals surface area contributed by atoms with E-state index in [0.29, 0.717) is 0 Å². The monoisotopic (exact) mass is 87.1 g/mol. The summed E-state index contributed by atoms with van der Waals surface area (Å²) >= 11 is 0. The summed E-state index contributed by atoms with van der Waals surface area (Å²) in [4.78, 5) is 2.00. The standard InChI is InChI=1S/C3H9N.CH5B/c1-4(2)3;1-2/h1-3H3;2H2,1H3. The van der Waals surface area contributed by atoms with Gasteiger partial charge < -0.3 is 4.90 Å². The Morgan fingerprint density at radius 3 is 1.00 bits per heavy atom. The van der Waals surface area contributed by atoms with E-state index < -0.39 is 0 Å². The average molecular weight is 87.0 g/mol. The number of rotatable bonds is 0. The van der Waals surface area contributed by atoms with Crippen molar-refractivity contribution in [3.8, 4) is 0 Å². The Morgan fingerprint density at radius 2 is 1.00 bits per heavy atom. The quantitative estimate of drug-likeness (QED) is 0.371. The minimum absolute atomic E-state index is 2.00. The number of hydrogen-bond donors (Lipinski definition) is 0. The summed E-state index contributed by atoms with van der Waals surface area (Å²) < 4.78 is 0. The number of hydrogen-bond acceptors (Lipinski definition) is 1. The lowest BCUT2D eigenvalue weighted by Crippen LogP contribution is -1.99. The number of nitrogens with zero attached hydrogens (tertiary/aromatic N) is 1. The van der Waals surface area contributed by atoms with E-state index in [-0.39, 0.29) is 0 Å². The molecule has 0 saturated heterocycles. The predicted molar refractivity (Wildman–Crippen MR) is 34.0 cm³/mol. The summed E-state index contributed by atoms with van der Waals surface area (Å²) in [6.45, 7) is 2.00. The van der Waals surface area contributed by atoms with Crippen LogP contribution >= 0.6 is 0 Å². The fraction of sp³-hybridized carbons (Fsp3) is 1.00. The highest BCUT2D eigenvalue weighted by atomic mass is 15.0. The van der Waals surface area contributed by atoms with Crippen molar-refractivity contribution >= 4 is 7.85 Å². The second-order valence-corrected chi connectivity index (χ2v) is 1.34. The van der Waals surface area contributed by atoms with Crippen molar-refractivity contribution in [1.82, 2.24) is 4.90 Å². The zero-order valence-electron chi connectivity index (χ0n) is 5.45. The summed E-state index contributed by atoms with van der Waals surface area (Å²) in [7, 11) is 8.00. The van der Waals surface area contributed by atoms with Gasteiger partial charge in [-0.15, -0.1) is 0 Å². The first-order chi connectivity index (χ1) is 2.73. The molecule has 0 aromatic heterocycles. The summed E-state index contributed by atoms with van der Waals surface area (Å²) in [5, 5.41) is 0. The third kappa shape index (κ3) is 59200. The van der Waals surface area contributed by atoms with Gasteiger partial charge in [-0.05, 0) is 21.1 Å². The Bertz CT molecular complexity index is 12.3. The molecule has 0 aromatic carbocycles. The first kappa shape index (κ1) is 9.39. The zero-order valence-corrected chi connectivity index (χ0v) is 5.45. The van der Waals surface area contributed by atoms with E-state index in [9.17, 15) is 0 Å². The molecule has 0 saturated carbocycles. The molecule has 0 aromatic rings. The molecule has 0 atom stereocenters. The van der Waals surface area contributed by atoms with Gasteiger partial charge in [0.05, 0.1) is 7.85 Å². The largest absolute Gasteiger partial charge is 0.312 e. The molecule has 0 unspecified atom stereocenters. The van der Waals surface area contributed by atoms with Crippen LogP contribution in [-0.4, -0.2) is 33.9 Å². The maximum atomic E-state index is 2.00. The lowest BCUT2D eigenvalue weighted by Gasteiger charge is -1.90. The van der Waals surface area contributed by atoms with Crippen molar-refractivity contribution < 1.29 is 0 Å². The second kappa shape index (κ2) is 8.90. The van der Waals surface area contributed by atoms with Crippen molar-refractivity contribution in [3.63, 3.8) is 0 Å². The van der Waals surface area contributed by atoms with Crippen LogP contribution in [0, 0.1) is 0 Å². The summed E-state index contributed by atoms with van der Waals surface area (Å²) in [5.41, 5.74) is 0. The highest BCUT2D eigenvalue weighted by Crippen LogP contribution is 1.47. The molecule has 0 fully saturated rings. The van der Waals surface area contributed by atoms with Crippen molar-refractivity contribution in [2.24, 2.45) is 0 Å². The lowest BCUT2D eigenvalue weighted by molar-refractivity contribution is 0.505. The van der Waals surface area contributed by atoms with Gasteiger partial charge >= 0.3 is 0 Å². The maximum Gasteiger partial charge on any atom is 0.0973 e. The van der Waals surface area contributed by atoms with Crippen molar-refractivity contribution in [2.75, 3.05) is 21.1 Å². The van der Waals surface area contributed by atoms with Gasteiger partial charge in [-0.1, -0.05) is 6.82 Å². The average Bonchev–Trinajstić information content (AvgIpc) is 1.41. The van der Waals surface area contributed by atoms with Gasteiger partial charge in [-0.3, -0.25) is 0 Å². The fourth-order valence-corrected chi connectivity index (χ4v) is 0. The van der Waals surface area contributed by atoms with Gasteiger partial charge in [-0.2, -0.15) is 0 Å². The normalized spacial score (nSPS) is 6.83. The van der Waals surface area contributed by atoms with Crippen LogP contribution in [0.4, 0.5) is 0 Å². The topological polar surface area (TPSA) is 3.24 Å². The third-order valence-corrected chi connectivity index (χ3v) is 0. The first-order valence-corrected chi connectivity index (χ1v) is 2.34. The Labute approximate surface area is 41.8 Å². The second-order valence-electron chi connectivity index (χ2n) is 1.34. The van der Waals surface area contributed by atoms with Crippen LogP contribution < -0.4 is 0 Å². The third-order valence-electron chi connectivity index (χ3n) is 0. The van der Waals surface area contributed by atoms with Crippen LogP contribution in [0.2, 0.25) is 6.82 Å². The minimum Gasteiger partial charge on any atom is -0.312 e. The van der Waals surface area contributed by atoms with E-state index in [2.05, 4.69) is 0 Å². The Hall–Kier alpha value is 0.0249. The van der Waals surface area contributed by atoms with Crippen molar-refractivity contribution in [3.05, 3.63) is 0 Å². The molecule has 0 N–H and O–H groups in total. The van der Waals surface area contributed by atoms with Crippen LogP contribution in [-0.2, 0) is 0 Å². The molecule has 0 amide bonds. The summed E-state index contributed by atoms with van der Waals surface area (Å²) in [5.74, 6) is 0. The summed E-state index contributed by atoms with van der Waals surface area (Å²) in [6, 6.07) is 0. The first-order valence-electron chi connectivity index (χ1n) is 2.34. The molecule has 0 bridgehead atoms. The van der Waals surface area contributed by atoms with Gasteiger partial charge in [-0.25, -0.2) is 0 Å². The maximum absolute atomic E-state index is 2.00. The Balaban J connectivity index is 0. The predicted octanol–water partition coefficient (Wildman–Crippen LogP) is -0.155. The minimum atomic E-state index is 2.00. The Morgan fingerprint density at radius 1 is 1.00 bits per heavy atom. The molecule has 6 heavy (non-hydrogen) atoms. The fourth-order valence-electron chi connectivity index (χ4n) is 0. The van der Waals surface area contributed by atoms with Crippen LogP contribution in [0.25, 0.3) is 0 Å². The highest BCUT2D eigenvalue weighted by Gasteiger charge is 1.58. The van der Waals surface area contributed by atoms with Crippen LogP contribution in [0.1, 0.15) is 0 Å². The SMILES string of the molecule is BC.CN(C)C. The highest BCUT2D eigenvalue weighted by molar-refractivity contribution is 6.05. The lowest BCUT2D eigenvalue weighted by atomic mass is 10.2. The molecule has 0 radical (unpaired) electrons. The molecule has 0 aliphatic carbocycles. The van der Waals surface area contributed by atoms with Gasteiger partial charge in [0, 0.05) is 0 Å². The van der Waals surface area contributed by atoms with Crippen LogP contribution in [0.15, 0.2) is 0 Å². The van der Waals surface area contributed by atoms with Crippen molar-refractivity contribution in [2.45, 2.75) is 6.82 Å². The van der Waals surface area contributed by atoms with E-state index in [4.69, 9.17) is 0 Å². The van der Waals surface area contributed by atoms with E-state index in [1.807, 2.05) is 40.7 Å². The smallest absolute Gasteiger partial charge is 0.0973 e. The molecule has 0 rings (SSSR count). The molecule has 2 heteroatoms. The van der Waals surface area contributed by atoms with Gasteiger partial charge in [0.25, 0.3) is 0 Å². The molecular formula is C4H14BN. The van der Waals surface area contributed by atoms with E-state index in [0.717, 1.165) is 0 Å².